The summed E-state index contributed by atoms with van der Waals surface area (Å²) in [6, 6.07) is 17.0. The number of nitrogens with one attached hydrogen (secondary N) is 1. The number of hydrogen-bond donors (Lipinski definition) is 1. The van der Waals surface area contributed by atoms with Crippen LogP contribution in [0.4, 0.5) is 5.82 Å². The van der Waals surface area contributed by atoms with Crippen LogP contribution in [0.2, 0.25) is 0 Å². The number of rotatable bonds is 5. The summed E-state index contributed by atoms with van der Waals surface area (Å²) in [5.74, 6) is 1.33. The number of amides is 1. The van der Waals surface area contributed by atoms with Crippen LogP contribution in [0.5, 0.6) is 11.5 Å². The zero-order chi connectivity index (χ0) is 21.3. The molecule has 0 aliphatic heterocycles. The van der Waals surface area contributed by atoms with Gasteiger partial charge >= 0.3 is 0 Å². The molecule has 2 aromatic heterocycles. The first-order valence-corrected chi connectivity index (χ1v) is 10.1. The molecule has 152 valence electrons. The van der Waals surface area contributed by atoms with Gasteiger partial charge in [-0.15, -0.1) is 0 Å². The van der Waals surface area contributed by atoms with Crippen LogP contribution in [0.1, 0.15) is 15.9 Å². The smallest absolute Gasteiger partial charge is 0.257 e. The number of ether oxygens (including phenoxy) is 2. The Morgan fingerprint density at radius 3 is 2.33 bits per heavy atom. The molecule has 0 unspecified atom stereocenters. The third-order valence-electron chi connectivity index (χ3n) is 4.83. The average molecular weight is 466 g/mol. The lowest BCUT2D eigenvalue weighted by atomic mass is 10.1. The van der Waals surface area contributed by atoms with E-state index in [1.54, 1.807) is 26.4 Å². The quantitative estimate of drug-likeness (QED) is 0.431. The maximum atomic E-state index is 13.2. The molecular formula is C23H20BrN3O3. The van der Waals surface area contributed by atoms with Crippen LogP contribution in [-0.2, 0) is 0 Å². The molecule has 0 aliphatic rings. The van der Waals surface area contributed by atoms with E-state index >= 15 is 0 Å². The lowest BCUT2D eigenvalue weighted by Crippen LogP contribution is -2.14. The topological polar surface area (TPSA) is 64.9 Å². The molecule has 0 radical (unpaired) electrons. The summed E-state index contributed by atoms with van der Waals surface area (Å²) >= 11 is 3.43. The van der Waals surface area contributed by atoms with E-state index in [0.29, 0.717) is 33.0 Å². The summed E-state index contributed by atoms with van der Waals surface area (Å²) in [6.45, 7) is 1.99. The van der Waals surface area contributed by atoms with E-state index in [0.717, 1.165) is 16.8 Å². The molecule has 7 heteroatoms. The number of pyridine rings is 1. The minimum Gasteiger partial charge on any atom is -0.495 e. The maximum absolute atomic E-state index is 13.2. The van der Waals surface area contributed by atoms with Crippen molar-refractivity contribution in [2.75, 3.05) is 19.5 Å². The Morgan fingerprint density at radius 2 is 1.70 bits per heavy atom. The number of aryl methyl sites for hydroxylation is 1. The number of halogens is 1. The van der Waals surface area contributed by atoms with Crippen molar-refractivity contribution >= 4 is 33.3 Å². The first kappa shape index (κ1) is 20.0. The summed E-state index contributed by atoms with van der Waals surface area (Å²) in [7, 11) is 3.09. The van der Waals surface area contributed by atoms with Crippen molar-refractivity contribution in [1.29, 1.82) is 0 Å². The molecule has 4 aromatic rings. The number of anilines is 1. The highest BCUT2D eigenvalue weighted by atomic mass is 79.9. The van der Waals surface area contributed by atoms with E-state index in [2.05, 4.69) is 21.2 Å². The molecular weight excluding hydrogens is 446 g/mol. The highest BCUT2D eigenvalue weighted by Gasteiger charge is 2.20. The standard InChI is InChI=1S/C23H20BrN3O3/c1-14-8-7-11-27-21(14)25-20(15-9-5-4-6-10-15)22(27)26-23(28)16-12-17(29-2)19(24)18(13-16)30-3/h4-13H,1-3H3,(H,26,28). The van der Waals surface area contributed by atoms with E-state index in [4.69, 9.17) is 14.5 Å². The third kappa shape index (κ3) is 3.52. The van der Waals surface area contributed by atoms with Crippen LogP contribution >= 0.6 is 15.9 Å². The minimum absolute atomic E-state index is 0.292. The van der Waals surface area contributed by atoms with E-state index in [1.165, 1.54) is 0 Å². The van der Waals surface area contributed by atoms with Crippen molar-refractivity contribution < 1.29 is 14.3 Å². The van der Waals surface area contributed by atoms with Gasteiger partial charge in [-0.25, -0.2) is 4.98 Å². The van der Waals surface area contributed by atoms with E-state index in [1.807, 2.05) is 60.0 Å². The Hall–Kier alpha value is -3.32. The molecule has 1 amide bonds. The Kier molecular flexibility index (Phi) is 5.46. The molecule has 2 heterocycles. The number of carbonyl (C=O) groups excluding carboxylic acids is 1. The van der Waals surface area contributed by atoms with Gasteiger partial charge in [0.25, 0.3) is 5.91 Å². The van der Waals surface area contributed by atoms with Crippen LogP contribution in [-0.4, -0.2) is 29.5 Å². The normalized spacial score (nSPS) is 10.8. The van der Waals surface area contributed by atoms with E-state index in [-0.39, 0.29) is 5.91 Å². The predicted molar refractivity (Wildman–Crippen MR) is 121 cm³/mol. The largest absolute Gasteiger partial charge is 0.495 e. The highest BCUT2D eigenvalue weighted by Crippen LogP contribution is 2.36. The van der Waals surface area contributed by atoms with Gasteiger partial charge in [-0.2, -0.15) is 0 Å². The number of nitrogens with zero attached hydrogens (tertiary/aromatic N) is 2. The Morgan fingerprint density at radius 1 is 1.03 bits per heavy atom. The molecule has 30 heavy (non-hydrogen) atoms. The fourth-order valence-corrected chi connectivity index (χ4v) is 3.85. The Labute approximate surface area is 182 Å². The summed E-state index contributed by atoms with van der Waals surface area (Å²) in [4.78, 5) is 18.0. The molecule has 0 spiro atoms. The second kappa shape index (κ2) is 8.20. The van der Waals surface area contributed by atoms with Crippen LogP contribution in [0.25, 0.3) is 16.9 Å². The number of imidazole rings is 1. The molecule has 0 saturated heterocycles. The van der Waals surface area contributed by atoms with Gasteiger partial charge in [-0.1, -0.05) is 36.4 Å². The second-order valence-corrected chi connectivity index (χ2v) is 7.50. The number of fused-ring (bicyclic) bond motifs is 1. The number of carbonyl (C=O) groups is 1. The van der Waals surface area contributed by atoms with E-state index < -0.39 is 0 Å². The zero-order valence-corrected chi connectivity index (χ0v) is 18.4. The fourth-order valence-electron chi connectivity index (χ4n) is 3.30. The molecule has 0 bridgehead atoms. The molecule has 4 rings (SSSR count). The molecule has 6 nitrogen and oxygen atoms in total. The molecule has 0 saturated carbocycles. The summed E-state index contributed by atoms with van der Waals surface area (Å²) < 4.78 is 13.3. The van der Waals surface area contributed by atoms with Gasteiger partial charge < -0.3 is 14.8 Å². The van der Waals surface area contributed by atoms with Gasteiger partial charge in [0.05, 0.1) is 14.2 Å². The molecule has 0 fully saturated rings. The third-order valence-corrected chi connectivity index (χ3v) is 5.61. The van der Waals surface area contributed by atoms with Crippen molar-refractivity contribution in [1.82, 2.24) is 9.38 Å². The van der Waals surface area contributed by atoms with Crippen molar-refractivity contribution in [3.8, 4) is 22.8 Å². The van der Waals surface area contributed by atoms with Crippen LogP contribution < -0.4 is 14.8 Å². The first-order valence-electron chi connectivity index (χ1n) is 9.29. The lowest BCUT2D eigenvalue weighted by molar-refractivity contribution is 0.102. The van der Waals surface area contributed by atoms with Gasteiger partial charge in [0, 0.05) is 17.3 Å². The number of hydrogen-bond acceptors (Lipinski definition) is 4. The van der Waals surface area contributed by atoms with Crippen molar-refractivity contribution in [3.63, 3.8) is 0 Å². The molecule has 0 atom stereocenters. The van der Waals surface area contributed by atoms with Crippen molar-refractivity contribution in [2.45, 2.75) is 6.92 Å². The molecule has 1 N–H and O–H groups in total. The molecule has 2 aromatic carbocycles. The van der Waals surface area contributed by atoms with Gasteiger partial charge in [0.15, 0.2) is 0 Å². The number of methoxy groups -OCH3 is 2. The lowest BCUT2D eigenvalue weighted by Gasteiger charge is -2.12. The van der Waals surface area contributed by atoms with Crippen molar-refractivity contribution in [2.24, 2.45) is 0 Å². The van der Waals surface area contributed by atoms with Gasteiger partial charge in [-0.3, -0.25) is 9.20 Å². The summed E-state index contributed by atoms with van der Waals surface area (Å²) in [5, 5.41) is 3.03. The average Bonchev–Trinajstić information content (AvgIpc) is 3.14. The van der Waals surface area contributed by atoms with Crippen LogP contribution in [0.15, 0.2) is 65.3 Å². The molecule has 0 aliphatic carbocycles. The fraction of sp³-hybridized carbons (Fsp3) is 0.130. The van der Waals surface area contributed by atoms with E-state index in [9.17, 15) is 4.79 Å². The van der Waals surface area contributed by atoms with Gasteiger partial charge in [0.2, 0.25) is 0 Å². The van der Waals surface area contributed by atoms with Gasteiger partial charge in [0.1, 0.15) is 33.1 Å². The first-order chi connectivity index (χ1) is 14.5. The summed E-state index contributed by atoms with van der Waals surface area (Å²) in [6.07, 6.45) is 1.89. The maximum Gasteiger partial charge on any atom is 0.257 e. The number of aromatic nitrogens is 2. The van der Waals surface area contributed by atoms with Gasteiger partial charge in [-0.05, 0) is 46.6 Å². The Balaban J connectivity index is 1.83. The van der Waals surface area contributed by atoms with Crippen LogP contribution in [0.3, 0.4) is 0 Å². The Bertz CT molecular complexity index is 1210. The zero-order valence-electron chi connectivity index (χ0n) is 16.8. The minimum atomic E-state index is -0.292. The highest BCUT2D eigenvalue weighted by molar-refractivity contribution is 9.10. The number of benzene rings is 2. The van der Waals surface area contributed by atoms with Crippen molar-refractivity contribution in [3.05, 3.63) is 76.4 Å². The second-order valence-electron chi connectivity index (χ2n) is 6.71. The SMILES string of the molecule is COc1cc(C(=O)Nc2c(-c3ccccc3)nc3c(C)cccn23)cc(OC)c1Br. The monoisotopic (exact) mass is 465 g/mol. The van der Waals surface area contributed by atoms with Crippen LogP contribution in [0, 0.1) is 6.92 Å². The predicted octanol–water partition coefficient (Wildman–Crippen LogP) is 5.34. The summed E-state index contributed by atoms with van der Waals surface area (Å²) in [5.41, 5.74) is 3.84.